The summed E-state index contributed by atoms with van der Waals surface area (Å²) >= 11 is -1.86. The number of nitrogens with zero attached hydrogens (tertiary/aromatic N) is 1. The quantitative estimate of drug-likeness (QED) is 0.358. The first-order chi connectivity index (χ1) is 10.7. The first kappa shape index (κ1) is 19.1. The SMILES string of the molecule is CCC[CH2][Sn]([CH2]CCC)([CH2]CCC)[CH2][C@H]1C[C@H]2CCCN2C1. The summed E-state index contributed by atoms with van der Waals surface area (Å²) in [6.45, 7) is 10.1. The van der Waals surface area contributed by atoms with Gasteiger partial charge in [0, 0.05) is 0 Å². The van der Waals surface area contributed by atoms with E-state index in [0.717, 1.165) is 12.0 Å². The molecule has 0 N–H and O–H groups in total. The molecule has 2 aliphatic heterocycles. The minimum absolute atomic E-state index is 0.998. The van der Waals surface area contributed by atoms with E-state index in [0.29, 0.717) is 0 Å². The third-order valence-corrected chi connectivity index (χ3v) is 22.7. The first-order valence-corrected chi connectivity index (χ1v) is 18.5. The molecule has 22 heavy (non-hydrogen) atoms. The van der Waals surface area contributed by atoms with Gasteiger partial charge in [0.15, 0.2) is 0 Å². The van der Waals surface area contributed by atoms with Gasteiger partial charge in [0.05, 0.1) is 0 Å². The molecular weight excluding hydrogens is 373 g/mol. The van der Waals surface area contributed by atoms with Crippen LogP contribution in [0.1, 0.15) is 78.6 Å². The van der Waals surface area contributed by atoms with Gasteiger partial charge in [-0.05, 0) is 0 Å². The summed E-state index contributed by atoms with van der Waals surface area (Å²) in [7, 11) is 0. The summed E-state index contributed by atoms with van der Waals surface area (Å²) in [5, 5.41) is 0. The summed E-state index contributed by atoms with van der Waals surface area (Å²) < 4.78 is 6.90. The van der Waals surface area contributed by atoms with Crippen LogP contribution in [0.15, 0.2) is 0 Å². The summed E-state index contributed by atoms with van der Waals surface area (Å²) in [6, 6.07) is 0.998. The Hall–Kier alpha value is 0.759. The average Bonchev–Trinajstić information content (AvgIpc) is 3.09. The van der Waals surface area contributed by atoms with Gasteiger partial charge in [0.1, 0.15) is 0 Å². The number of fused-ring (bicyclic) bond motifs is 1. The molecule has 0 spiro atoms. The summed E-state index contributed by atoms with van der Waals surface area (Å²) in [5.41, 5.74) is 0. The van der Waals surface area contributed by atoms with Crippen LogP contribution in [0, 0.1) is 5.92 Å². The normalized spacial score (nSPS) is 25.8. The Kier molecular flexibility index (Phi) is 8.60. The Balaban J connectivity index is 1.97. The monoisotopic (exact) mass is 415 g/mol. The van der Waals surface area contributed by atoms with Crippen molar-refractivity contribution in [2.75, 3.05) is 13.1 Å². The molecule has 2 heterocycles. The number of hydrogen-bond acceptors (Lipinski definition) is 1. The van der Waals surface area contributed by atoms with Gasteiger partial charge in [-0.25, -0.2) is 0 Å². The fraction of sp³-hybridized carbons (Fsp3) is 1.00. The molecule has 2 saturated heterocycles. The van der Waals surface area contributed by atoms with Gasteiger partial charge in [0.2, 0.25) is 0 Å². The van der Waals surface area contributed by atoms with Crippen molar-refractivity contribution < 1.29 is 0 Å². The maximum absolute atomic E-state index is 2.85. The fourth-order valence-corrected chi connectivity index (χ4v) is 23.0. The van der Waals surface area contributed by atoms with E-state index >= 15 is 0 Å². The van der Waals surface area contributed by atoms with Gasteiger partial charge < -0.3 is 0 Å². The molecule has 0 unspecified atom stereocenters. The van der Waals surface area contributed by atoms with Crippen LogP contribution in [0.2, 0.25) is 17.7 Å². The van der Waals surface area contributed by atoms with E-state index < -0.39 is 18.4 Å². The molecule has 0 aromatic rings. The predicted octanol–water partition coefficient (Wildman–Crippen LogP) is 6.32. The van der Waals surface area contributed by atoms with Crippen molar-refractivity contribution in [3.63, 3.8) is 0 Å². The van der Waals surface area contributed by atoms with Crippen LogP contribution in [-0.4, -0.2) is 42.4 Å². The van der Waals surface area contributed by atoms with E-state index in [2.05, 4.69) is 25.7 Å². The molecule has 0 saturated carbocycles. The third kappa shape index (κ3) is 5.39. The molecule has 1 nitrogen and oxygen atoms in total. The van der Waals surface area contributed by atoms with Crippen molar-refractivity contribution in [1.82, 2.24) is 4.90 Å². The summed E-state index contributed by atoms with van der Waals surface area (Å²) in [5.74, 6) is 1.10. The van der Waals surface area contributed by atoms with Gasteiger partial charge in [-0.3, -0.25) is 0 Å². The predicted molar refractivity (Wildman–Crippen MR) is 102 cm³/mol. The van der Waals surface area contributed by atoms with Gasteiger partial charge in [-0.1, -0.05) is 0 Å². The molecule has 0 amide bonds. The molecular formula is C20H41NSn. The molecule has 2 heteroatoms. The molecule has 2 aliphatic rings. The van der Waals surface area contributed by atoms with Crippen LogP contribution in [0.5, 0.6) is 0 Å². The molecule has 0 aromatic heterocycles. The second-order valence-corrected chi connectivity index (χ2v) is 22.4. The van der Waals surface area contributed by atoms with Crippen molar-refractivity contribution in [1.29, 1.82) is 0 Å². The van der Waals surface area contributed by atoms with Crippen molar-refractivity contribution in [3.05, 3.63) is 0 Å². The standard InChI is InChI=1S/C8H14N.3C4H9.Sn/c1-7-5-8-3-2-4-9(8)6-7;3*1-3-4-2;/h7-8H,1-6H2;3*1,3-4H2,2H3;/t7-,8+;;;;/m0..../s1. The second-order valence-electron chi connectivity index (χ2n) is 8.41. The first-order valence-electron chi connectivity index (χ1n) is 10.5. The molecule has 0 aromatic carbocycles. The van der Waals surface area contributed by atoms with E-state index in [4.69, 9.17) is 0 Å². The Bertz CT molecular complexity index is 270. The Morgan fingerprint density at radius 1 is 0.909 bits per heavy atom. The van der Waals surface area contributed by atoms with Gasteiger partial charge in [-0.2, -0.15) is 0 Å². The Labute approximate surface area is 144 Å². The van der Waals surface area contributed by atoms with Crippen molar-refractivity contribution in [2.45, 2.75) is 102 Å². The van der Waals surface area contributed by atoms with Crippen molar-refractivity contribution >= 4 is 18.4 Å². The fourth-order valence-electron chi connectivity index (χ4n) is 5.29. The third-order valence-electron chi connectivity index (χ3n) is 6.50. The molecule has 0 aliphatic carbocycles. The topological polar surface area (TPSA) is 3.24 Å². The van der Waals surface area contributed by atoms with Crippen molar-refractivity contribution in [3.8, 4) is 0 Å². The van der Waals surface area contributed by atoms with Crippen LogP contribution in [0.25, 0.3) is 0 Å². The summed E-state index contributed by atoms with van der Waals surface area (Å²) in [4.78, 5) is 2.85. The van der Waals surface area contributed by atoms with Crippen LogP contribution in [0.3, 0.4) is 0 Å². The van der Waals surface area contributed by atoms with E-state index in [1.807, 2.05) is 0 Å². The zero-order valence-electron chi connectivity index (χ0n) is 15.7. The number of hydrogen-bond donors (Lipinski definition) is 0. The second kappa shape index (κ2) is 9.91. The van der Waals surface area contributed by atoms with E-state index in [1.165, 1.54) is 45.2 Å². The van der Waals surface area contributed by atoms with E-state index in [-0.39, 0.29) is 0 Å². The molecule has 0 bridgehead atoms. The number of rotatable bonds is 11. The molecule has 2 fully saturated rings. The van der Waals surface area contributed by atoms with Gasteiger partial charge >= 0.3 is 145 Å². The van der Waals surface area contributed by atoms with E-state index in [1.54, 1.807) is 43.4 Å². The van der Waals surface area contributed by atoms with Gasteiger partial charge in [-0.15, -0.1) is 0 Å². The molecule has 130 valence electrons. The van der Waals surface area contributed by atoms with Crippen molar-refractivity contribution in [2.24, 2.45) is 5.92 Å². The maximum atomic E-state index is 2.85. The average molecular weight is 414 g/mol. The van der Waals surface area contributed by atoms with Crippen LogP contribution < -0.4 is 0 Å². The molecule has 2 rings (SSSR count). The van der Waals surface area contributed by atoms with E-state index in [9.17, 15) is 0 Å². The summed E-state index contributed by atoms with van der Waals surface area (Å²) in [6.07, 6.45) is 13.5. The van der Waals surface area contributed by atoms with Crippen LogP contribution in [-0.2, 0) is 0 Å². The molecule has 2 atom stereocenters. The number of unbranched alkanes of at least 4 members (excludes halogenated alkanes) is 3. The van der Waals surface area contributed by atoms with Crippen LogP contribution in [0.4, 0.5) is 0 Å². The zero-order valence-corrected chi connectivity index (χ0v) is 18.6. The minimum atomic E-state index is -1.86. The van der Waals surface area contributed by atoms with Crippen LogP contribution >= 0.6 is 0 Å². The zero-order chi connectivity index (χ0) is 15.8. The Morgan fingerprint density at radius 3 is 2.00 bits per heavy atom. The molecule has 0 radical (unpaired) electrons. The Morgan fingerprint density at radius 2 is 1.50 bits per heavy atom. The van der Waals surface area contributed by atoms with Gasteiger partial charge in [0.25, 0.3) is 0 Å².